The number of rotatable bonds is 7. The largest absolute Gasteiger partial charge is 0.480 e. The Morgan fingerprint density at radius 3 is 2.10 bits per heavy atom. The Balaban J connectivity index is 2.45. The number of carboxylic acid groups (broad SMARTS) is 1. The molecule has 0 atom stereocenters. The fourth-order valence-electron chi connectivity index (χ4n) is 3.23. The molecule has 0 heterocycles. The fourth-order valence-corrected chi connectivity index (χ4v) is 3.23. The molecule has 0 saturated heterocycles. The van der Waals surface area contributed by atoms with Crippen molar-refractivity contribution in [3.05, 3.63) is 0 Å². The molecule has 0 aromatic rings. The van der Waals surface area contributed by atoms with Crippen LogP contribution in [0.1, 0.15) is 72.1 Å². The van der Waals surface area contributed by atoms with Crippen LogP contribution in [0.3, 0.4) is 0 Å². The van der Waals surface area contributed by atoms with Crippen molar-refractivity contribution in [3.63, 3.8) is 0 Å². The van der Waals surface area contributed by atoms with Gasteiger partial charge in [-0.15, -0.1) is 0 Å². The van der Waals surface area contributed by atoms with Gasteiger partial charge in [-0.3, -0.25) is 0 Å². The van der Waals surface area contributed by atoms with E-state index in [0.717, 1.165) is 31.6 Å². The summed E-state index contributed by atoms with van der Waals surface area (Å²) in [7, 11) is 0. The molecule has 5 nitrogen and oxygen atoms in total. The van der Waals surface area contributed by atoms with Gasteiger partial charge in [-0.25, -0.2) is 9.59 Å². The first kappa shape index (κ1) is 17.8. The van der Waals surface area contributed by atoms with Gasteiger partial charge in [0.25, 0.3) is 0 Å². The first-order chi connectivity index (χ1) is 9.97. The summed E-state index contributed by atoms with van der Waals surface area (Å²) in [5, 5.41) is 14.9. The fraction of sp³-hybridized carbons (Fsp3) is 0.875. The zero-order chi connectivity index (χ0) is 15.9. The second kappa shape index (κ2) is 8.25. The van der Waals surface area contributed by atoms with Crippen molar-refractivity contribution in [2.24, 2.45) is 5.92 Å². The quantitative estimate of drug-likeness (QED) is 0.675. The monoisotopic (exact) mass is 298 g/mol. The number of urea groups is 1. The second-order valence-electron chi connectivity index (χ2n) is 6.20. The van der Waals surface area contributed by atoms with Crippen LogP contribution in [0, 0.1) is 5.92 Å². The highest BCUT2D eigenvalue weighted by atomic mass is 16.4. The number of aliphatic carboxylic acids is 1. The summed E-state index contributed by atoms with van der Waals surface area (Å²) in [4.78, 5) is 23.5. The van der Waals surface area contributed by atoms with E-state index in [1.54, 1.807) is 13.8 Å². The normalized spacial score (nSPS) is 22.6. The summed E-state index contributed by atoms with van der Waals surface area (Å²) in [6.07, 6.45) is 7.57. The van der Waals surface area contributed by atoms with Crippen LogP contribution in [0.25, 0.3) is 0 Å². The molecule has 1 rings (SSSR count). The average molecular weight is 298 g/mol. The number of amides is 2. The molecule has 0 radical (unpaired) electrons. The zero-order valence-corrected chi connectivity index (χ0v) is 13.6. The van der Waals surface area contributed by atoms with Crippen molar-refractivity contribution in [1.82, 2.24) is 10.6 Å². The molecule has 3 N–H and O–H groups in total. The van der Waals surface area contributed by atoms with Crippen molar-refractivity contribution in [2.75, 3.05) is 0 Å². The average Bonchev–Trinajstić information content (AvgIpc) is 2.47. The van der Waals surface area contributed by atoms with E-state index >= 15 is 0 Å². The smallest absolute Gasteiger partial charge is 0.329 e. The number of hydrogen-bond donors (Lipinski definition) is 3. The Morgan fingerprint density at radius 2 is 1.67 bits per heavy atom. The molecule has 0 spiro atoms. The lowest BCUT2D eigenvalue weighted by atomic mass is 9.83. The van der Waals surface area contributed by atoms with E-state index in [-0.39, 0.29) is 12.1 Å². The van der Waals surface area contributed by atoms with Gasteiger partial charge in [-0.2, -0.15) is 0 Å². The van der Waals surface area contributed by atoms with Gasteiger partial charge in [0.15, 0.2) is 0 Å². The van der Waals surface area contributed by atoms with Crippen molar-refractivity contribution in [3.8, 4) is 0 Å². The van der Waals surface area contributed by atoms with Crippen molar-refractivity contribution in [2.45, 2.75) is 83.7 Å². The van der Waals surface area contributed by atoms with E-state index in [9.17, 15) is 14.7 Å². The van der Waals surface area contributed by atoms with Crippen LogP contribution >= 0.6 is 0 Å². The lowest BCUT2D eigenvalue weighted by molar-refractivity contribution is -0.144. The molecule has 0 aromatic carbocycles. The number of carboxylic acids is 1. The topological polar surface area (TPSA) is 78.4 Å². The van der Waals surface area contributed by atoms with E-state index in [2.05, 4.69) is 17.6 Å². The maximum atomic E-state index is 12.1. The summed E-state index contributed by atoms with van der Waals surface area (Å²) in [6, 6.07) is -0.168. The van der Waals surface area contributed by atoms with E-state index in [1.807, 2.05) is 0 Å². The first-order valence-corrected chi connectivity index (χ1v) is 8.29. The number of carbonyl (C=O) groups is 2. The van der Waals surface area contributed by atoms with Crippen molar-refractivity contribution < 1.29 is 14.7 Å². The Hall–Kier alpha value is -1.26. The molecule has 1 fully saturated rings. The van der Waals surface area contributed by atoms with Crippen LogP contribution in [-0.4, -0.2) is 28.7 Å². The number of nitrogens with one attached hydrogen (secondary N) is 2. The summed E-state index contributed by atoms with van der Waals surface area (Å²) >= 11 is 0. The molecule has 2 amide bonds. The third kappa shape index (κ3) is 4.90. The van der Waals surface area contributed by atoms with E-state index in [0.29, 0.717) is 12.8 Å². The van der Waals surface area contributed by atoms with E-state index in [4.69, 9.17) is 0 Å². The molecule has 0 aromatic heterocycles. The maximum absolute atomic E-state index is 12.1. The number of hydrogen-bond acceptors (Lipinski definition) is 2. The predicted molar refractivity (Wildman–Crippen MR) is 83.3 cm³/mol. The van der Waals surface area contributed by atoms with Gasteiger partial charge in [-0.05, 0) is 44.4 Å². The van der Waals surface area contributed by atoms with Gasteiger partial charge >= 0.3 is 12.0 Å². The van der Waals surface area contributed by atoms with Crippen LogP contribution in [0.2, 0.25) is 0 Å². The van der Waals surface area contributed by atoms with Crippen molar-refractivity contribution >= 4 is 12.0 Å². The minimum atomic E-state index is -1.15. The van der Waals surface area contributed by atoms with Gasteiger partial charge in [0.05, 0.1) is 0 Å². The molecule has 1 aliphatic rings. The minimum absolute atomic E-state index is 0.179. The lowest BCUT2D eigenvalue weighted by Crippen LogP contribution is -2.58. The lowest BCUT2D eigenvalue weighted by Gasteiger charge is -2.32. The van der Waals surface area contributed by atoms with Crippen LogP contribution in [-0.2, 0) is 4.79 Å². The molecule has 21 heavy (non-hydrogen) atoms. The molecule has 122 valence electrons. The van der Waals surface area contributed by atoms with Crippen LogP contribution < -0.4 is 10.6 Å². The SMILES string of the molecule is CCCC1CCC(NC(=O)NC(CC)(CC)C(=O)O)CC1. The highest BCUT2D eigenvalue weighted by Crippen LogP contribution is 2.27. The van der Waals surface area contributed by atoms with Crippen LogP contribution in [0.15, 0.2) is 0 Å². The van der Waals surface area contributed by atoms with Crippen LogP contribution in [0.5, 0.6) is 0 Å². The van der Waals surface area contributed by atoms with Gasteiger partial charge in [0, 0.05) is 6.04 Å². The molecule has 0 unspecified atom stereocenters. The first-order valence-electron chi connectivity index (χ1n) is 8.29. The van der Waals surface area contributed by atoms with Gasteiger partial charge < -0.3 is 15.7 Å². The molecule has 5 heteroatoms. The third-order valence-corrected chi connectivity index (χ3v) is 4.85. The Labute approximate surface area is 127 Å². The molecule has 1 saturated carbocycles. The Kier molecular flexibility index (Phi) is 6.99. The summed E-state index contributed by atoms with van der Waals surface area (Å²) < 4.78 is 0. The van der Waals surface area contributed by atoms with Gasteiger partial charge in [0.1, 0.15) is 5.54 Å². The summed E-state index contributed by atoms with van der Waals surface area (Å²) in [5.41, 5.74) is -1.15. The van der Waals surface area contributed by atoms with E-state index in [1.165, 1.54) is 12.8 Å². The number of carbonyl (C=O) groups excluding carboxylic acids is 1. The van der Waals surface area contributed by atoms with Gasteiger partial charge in [-0.1, -0.05) is 33.6 Å². The third-order valence-electron chi connectivity index (χ3n) is 4.85. The van der Waals surface area contributed by atoms with E-state index < -0.39 is 11.5 Å². The zero-order valence-electron chi connectivity index (χ0n) is 13.6. The van der Waals surface area contributed by atoms with Crippen LogP contribution in [0.4, 0.5) is 4.79 Å². The van der Waals surface area contributed by atoms with Crippen molar-refractivity contribution in [1.29, 1.82) is 0 Å². The molecule has 0 bridgehead atoms. The Bertz CT molecular complexity index is 345. The minimum Gasteiger partial charge on any atom is -0.480 e. The molecular formula is C16H30N2O3. The maximum Gasteiger partial charge on any atom is 0.329 e. The highest BCUT2D eigenvalue weighted by molar-refractivity contribution is 5.86. The summed E-state index contributed by atoms with van der Waals surface area (Å²) in [5.74, 6) is -0.171. The second-order valence-corrected chi connectivity index (χ2v) is 6.20. The standard InChI is InChI=1S/C16H30N2O3/c1-4-7-12-8-10-13(11-9-12)17-15(21)18-16(5-2,6-3)14(19)20/h12-13H,4-11H2,1-3H3,(H,19,20)(H2,17,18,21). The highest BCUT2D eigenvalue weighted by Gasteiger charge is 2.36. The molecule has 0 aliphatic heterocycles. The summed E-state index contributed by atoms with van der Waals surface area (Å²) in [6.45, 7) is 5.78. The molecular weight excluding hydrogens is 268 g/mol. The molecule has 1 aliphatic carbocycles. The van der Waals surface area contributed by atoms with Gasteiger partial charge in [0.2, 0.25) is 0 Å². The predicted octanol–water partition coefficient (Wildman–Crippen LogP) is 3.29. The Morgan fingerprint density at radius 1 is 1.10 bits per heavy atom.